The molecule has 0 bridgehead atoms. The summed E-state index contributed by atoms with van der Waals surface area (Å²) < 4.78 is 5.81. The van der Waals surface area contributed by atoms with E-state index in [9.17, 15) is 9.59 Å². The van der Waals surface area contributed by atoms with E-state index in [0.717, 1.165) is 18.4 Å². The summed E-state index contributed by atoms with van der Waals surface area (Å²) >= 11 is 0. The van der Waals surface area contributed by atoms with Crippen LogP contribution >= 0.6 is 0 Å². The zero-order valence-electron chi connectivity index (χ0n) is 17.0. The number of nitrogens with one attached hydrogen (secondary N) is 1. The van der Waals surface area contributed by atoms with Crippen molar-refractivity contribution in [1.29, 1.82) is 0 Å². The summed E-state index contributed by atoms with van der Waals surface area (Å²) in [6, 6.07) is 9.76. The molecule has 1 N–H and O–H groups in total. The van der Waals surface area contributed by atoms with Crippen LogP contribution in [0.25, 0.3) is 11.5 Å². The van der Waals surface area contributed by atoms with E-state index in [-0.39, 0.29) is 17.9 Å². The number of carbonyl (C=O) groups excluding carboxylic acids is 2. The third-order valence-electron chi connectivity index (χ3n) is 6.11. The summed E-state index contributed by atoms with van der Waals surface area (Å²) in [6.07, 6.45) is 7.08. The monoisotopic (exact) mass is 395 g/mol. The van der Waals surface area contributed by atoms with Gasteiger partial charge < -0.3 is 14.6 Å². The fraction of sp³-hybridized carbons (Fsp3) is 0.522. The molecular formula is C23H29N3O3. The van der Waals surface area contributed by atoms with Crippen LogP contribution in [0.5, 0.6) is 0 Å². The van der Waals surface area contributed by atoms with Crippen LogP contribution in [-0.4, -0.2) is 40.8 Å². The summed E-state index contributed by atoms with van der Waals surface area (Å²) in [7, 11) is 0. The summed E-state index contributed by atoms with van der Waals surface area (Å²) in [4.78, 5) is 31.4. The van der Waals surface area contributed by atoms with Crippen LogP contribution < -0.4 is 5.32 Å². The molecule has 2 amide bonds. The molecule has 6 nitrogen and oxygen atoms in total. The van der Waals surface area contributed by atoms with Gasteiger partial charge in [0.15, 0.2) is 0 Å². The summed E-state index contributed by atoms with van der Waals surface area (Å²) in [5.41, 5.74) is 1.47. The number of piperidine rings is 1. The molecular weight excluding hydrogens is 366 g/mol. The van der Waals surface area contributed by atoms with E-state index in [4.69, 9.17) is 4.42 Å². The fourth-order valence-electron chi connectivity index (χ4n) is 4.43. The number of oxazole rings is 1. The number of nitrogens with zero attached hydrogens (tertiary/aromatic N) is 2. The first-order chi connectivity index (χ1) is 14.1. The van der Waals surface area contributed by atoms with Crippen molar-refractivity contribution in [3.05, 3.63) is 41.8 Å². The van der Waals surface area contributed by atoms with Gasteiger partial charge in [0.05, 0.1) is 5.69 Å². The molecule has 0 spiro atoms. The summed E-state index contributed by atoms with van der Waals surface area (Å²) in [5.74, 6) is 1.39. The molecule has 29 heavy (non-hydrogen) atoms. The van der Waals surface area contributed by atoms with E-state index in [1.165, 1.54) is 25.7 Å². The van der Waals surface area contributed by atoms with Crippen LogP contribution in [0.1, 0.15) is 61.2 Å². The van der Waals surface area contributed by atoms with Crippen LogP contribution in [0, 0.1) is 12.8 Å². The third-order valence-corrected chi connectivity index (χ3v) is 6.11. The van der Waals surface area contributed by atoms with Crippen LogP contribution in [-0.2, 0) is 4.79 Å². The number of carbonyl (C=O) groups is 2. The number of hydrogen-bond donors (Lipinski definition) is 1. The number of likely N-dealkylation sites (tertiary alicyclic amines) is 1. The maximum atomic E-state index is 12.9. The second-order valence-corrected chi connectivity index (χ2v) is 8.29. The number of benzene rings is 1. The third kappa shape index (κ3) is 4.69. The van der Waals surface area contributed by atoms with E-state index in [2.05, 4.69) is 10.3 Å². The van der Waals surface area contributed by atoms with Crippen LogP contribution in [0.4, 0.5) is 0 Å². The van der Waals surface area contributed by atoms with E-state index >= 15 is 0 Å². The lowest BCUT2D eigenvalue weighted by atomic mass is 10.0. The zero-order valence-corrected chi connectivity index (χ0v) is 17.0. The predicted molar refractivity (Wildman–Crippen MR) is 110 cm³/mol. The van der Waals surface area contributed by atoms with Crippen molar-refractivity contribution in [3.63, 3.8) is 0 Å². The van der Waals surface area contributed by atoms with Gasteiger partial charge in [-0.25, -0.2) is 4.98 Å². The number of hydrogen-bond acceptors (Lipinski definition) is 4. The quantitative estimate of drug-likeness (QED) is 0.832. The molecule has 154 valence electrons. The van der Waals surface area contributed by atoms with Crippen molar-refractivity contribution in [1.82, 2.24) is 15.2 Å². The highest BCUT2D eigenvalue weighted by Crippen LogP contribution is 2.28. The SMILES string of the molecule is Cc1nc(-c2ccccc2)oc1C(=O)N1CCC(NC(=O)CC2CCCC2)CC1. The van der Waals surface area contributed by atoms with E-state index < -0.39 is 0 Å². The molecule has 2 fully saturated rings. The molecule has 1 aromatic heterocycles. The molecule has 1 aliphatic heterocycles. The zero-order chi connectivity index (χ0) is 20.2. The lowest BCUT2D eigenvalue weighted by molar-refractivity contribution is -0.122. The van der Waals surface area contributed by atoms with Crippen molar-refractivity contribution >= 4 is 11.8 Å². The normalized spacial score (nSPS) is 18.2. The van der Waals surface area contributed by atoms with Gasteiger partial charge in [0, 0.05) is 31.1 Å². The molecule has 2 heterocycles. The van der Waals surface area contributed by atoms with Gasteiger partial charge >= 0.3 is 0 Å². The van der Waals surface area contributed by atoms with Crippen molar-refractivity contribution in [3.8, 4) is 11.5 Å². The smallest absolute Gasteiger partial charge is 0.291 e. The molecule has 1 saturated heterocycles. The first-order valence-electron chi connectivity index (χ1n) is 10.7. The lowest BCUT2D eigenvalue weighted by Crippen LogP contribution is -2.46. The molecule has 0 atom stereocenters. The van der Waals surface area contributed by atoms with Gasteiger partial charge in [-0.05, 0) is 50.7 Å². The molecule has 1 aromatic carbocycles. The Morgan fingerprint density at radius 1 is 1.10 bits per heavy atom. The predicted octanol–water partition coefficient (Wildman–Crippen LogP) is 3.95. The Hall–Kier alpha value is -2.63. The molecule has 6 heteroatoms. The number of amides is 2. The second-order valence-electron chi connectivity index (χ2n) is 8.29. The Bertz CT molecular complexity index is 848. The molecule has 1 aliphatic carbocycles. The maximum Gasteiger partial charge on any atom is 0.291 e. The maximum absolute atomic E-state index is 12.9. The standard InChI is InChI=1S/C23H29N3O3/c1-16-21(29-22(24-16)18-9-3-2-4-10-18)23(28)26-13-11-19(12-14-26)25-20(27)15-17-7-5-6-8-17/h2-4,9-10,17,19H,5-8,11-15H2,1H3,(H,25,27). The number of aryl methyl sites for hydroxylation is 1. The van der Waals surface area contributed by atoms with E-state index in [1.807, 2.05) is 35.2 Å². The average molecular weight is 396 g/mol. The first-order valence-corrected chi connectivity index (χ1v) is 10.7. The van der Waals surface area contributed by atoms with Gasteiger partial charge in [-0.15, -0.1) is 0 Å². The number of aromatic nitrogens is 1. The van der Waals surface area contributed by atoms with Gasteiger partial charge in [0.1, 0.15) is 0 Å². The Labute approximate surface area is 171 Å². The fourth-order valence-corrected chi connectivity index (χ4v) is 4.43. The topological polar surface area (TPSA) is 75.4 Å². The first kappa shape index (κ1) is 19.7. The highest BCUT2D eigenvalue weighted by molar-refractivity contribution is 5.93. The van der Waals surface area contributed by atoms with Crippen molar-refractivity contribution in [2.45, 2.75) is 57.9 Å². The molecule has 0 radical (unpaired) electrons. The van der Waals surface area contributed by atoms with Gasteiger partial charge in [-0.1, -0.05) is 31.0 Å². The molecule has 0 unspecified atom stereocenters. The van der Waals surface area contributed by atoms with Crippen LogP contribution in [0.15, 0.2) is 34.7 Å². The largest absolute Gasteiger partial charge is 0.431 e. The van der Waals surface area contributed by atoms with Gasteiger partial charge in [0.2, 0.25) is 17.6 Å². The minimum absolute atomic E-state index is 0.118. The highest BCUT2D eigenvalue weighted by Gasteiger charge is 2.29. The Balaban J connectivity index is 1.31. The van der Waals surface area contributed by atoms with Crippen molar-refractivity contribution < 1.29 is 14.0 Å². The molecule has 2 aliphatic rings. The highest BCUT2D eigenvalue weighted by atomic mass is 16.4. The van der Waals surface area contributed by atoms with Gasteiger partial charge in [-0.2, -0.15) is 0 Å². The summed E-state index contributed by atoms with van der Waals surface area (Å²) in [5, 5.41) is 3.17. The lowest BCUT2D eigenvalue weighted by Gasteiger charge is -2.32. The molecule has 1 saturated carbocycles. The Morgan fingerprint density at radius 3 is 2.48 bits per heavy atom. The second kappa shape index (κ2) is 8.80. The Kier molecular flexibility index (Phi) is 5.97. The molecule has 2 aromatic rings. The molecule has 4 rings (SSSR count). The van der Waals surface area contributed by atoms with Crippen LogP contribution in [0.3, 0.4) is 0 Å². The van der Waals surface area contributed by atoms with Crippen molar-refractivity contribution in [2.75, 3.05) is 13.1 Å². The minimum Gasteiger partial charge on any atom is -0.431 e. The van der Waals surface area contributed by atoms with Crippen LogP contribution in [0.2, 0.25) is 0 Å². The van der Waals surface area contributed by atoms with Gasteiger partial charge in [0.25, 0.3) is 5.91 Å². The summed E-state index contributed by atoms with van der Waals surface area (Å²) in [6.45, 7) is 3.04. The van der Waals surface area contributed by atoms with E-state index in [1.54, 1.807) is 6.92 Å². The van der Waals surface area contributed by atoms with Crippen molar-refractivity contribution in [2.24, 2.45) is 5.92 Å². The minimum atomic E-state index is -0.118. The van der Waals surface area contributed by atoms with Gasteiger partial charge in [-0.3, -0.25) is 9.59 Å². The average Bonchev–Trinajstić information content (AvgIpc) is 3.38. The number of rotatable bonds is 5. The van der Waals surface area contributed by atoms with E-state index in [0.29, 0.717) is 42.8 Å². The Morgan fingerprint density at radius 2 is 1.79 bits per heavy atom.